The number of amides is 1. The van der Waals surface area contributed by atoms with E-state index in [0.717, 1.165) is 17.3 Å². The second kappa shape index (κ2) is 9.20. The minimum atomic E-state index is -0.337. The van der Waals surface area contributed by atoms with Crippen molar-refractivity contribution in [3.05, 3.63) is 76.6 Å². The number of fused-ring (bicyclic) bond motifs is 1. The van der Waals surface area contributed by atoms with Gasteiger partial charge in [0.15, 0.2) is 5.16 Å². The molecule has 0 atom stereocenters. The van der Waals surface area contributed by atoms with Crippen LogP contribution in [0.15, 0.2) is 75.7 Å². The number of hydrazone groups is 1. The lowest BCUT2D eigenvalue weighted by atomic mass is 10.2. The molecule has 0 spiro atoms. The third kappa shape index (κ3) is 5.32. The van der Waals surface area contributed by atoms with Gasteiger partial charge in [-0.3, -0.25) is 14.2 Å². The summed E-state index contributed by atoms with van der Waals surface area (Å²) >= 11 is 1.16. The van der Waals surface area contributed by atoms with E-state index in [2.05, 4.69) is 22.1 Å². The summed E-state index contributed by atoms with van der Waals surface area (Å²) in [5, 5.41) is 14.3. The van der Waals surface area contributed by atoms with Crippen LogP contribution in [0.2, 0.25) is 0 Å². The molecule has 3 aromatic rings. The number of aromatic nitrogens is 2. The van der Waals surface area contributed by atoms with Crippen LogP contribution in [-0.4, -0.2) is 32.5 Å². The highest BCUT2D eigenvalue weighted by Gasteiger charge is 2.13. The summed E-state index contributed by atoms with van der Waals surface area (Å²) in [7, 11) is 0. The number of hydrogen-bond donors (Lipinski definition) is 2. The van der Waals surface area contributed by atoms with Gasteiger partial charge >= 0.3 is 0 Å². The molecule has 0 radical (unpaired) electrons. The molecule has 0 bridgehead atoms. The number of allylic oxidation sites excluding steroid dienone is 1. The Labute approximate surface area is 171 Å². The van der Waals surface area contributed by atoms with Gasteiger partial charge < -0.3 is 5.11 Å². The maximum absolute atomic E-state index is 12.8. The number of benzene rings is 2. The molecule has 1 amide bonds. The number of carbonyl (C=O) groups is 1. The Morgan fingerprint density at radius 2 is 2.10 bits per heavy atom. The third-order valence-corrected chi connectivity index (χ3v) is 4.84. The third-order valence-electron chi connectivity index (χ3n) is 3.86. The largest absolute Gasteiger partial charge is 0.508 e. The summed E-state index contributed by atoms with van der Waals surface area (Å²) < 4.78 is 1.53. The van der Waals surface area contributed by atoms with E-state index in [1.54, 1.807) is 36.4 Å². The maximum Gasteiger partial charge on any atom is 0.262 e. The highest BCUT2D eigenvalue weighted by atomic mass is 32.2. The number of carbonyl (C=O) groups excluding carboxylic acids is 1. The lowest BCUT2D eigenvalue weighted by Gasteiger charge is -2.12. The summed E-state index contributed by atoms with van der Waals surface area (Å²) in [6.07, 6.45) is 1.44. The second-order valence-corrected chi connectivity index (χ2v) is 7.38. The topological polar surface area (TPSA) is 96.6 Å². The van der Waals surface area contributed by atoms with Crippen LogP contribution in [0.1, 0.15) is 12.5 Å². The normalized spacial score (nSPS) is 11.1. The van der Waals surface area contributed by atoms with E-state index in [1.807, 2.05) is 13.0 Å². The minimum Gasteiger partial charge on any atom is -0.508 e. The van der Waals surface area contributed by atoms with Gasteiger partial charge in [-0.2, -0.15) is 5.10 Å². The zero-order valence-corrected chi connectivity index (χ0v) is 16.6. The van der Waals surface area contributed by atoms with E-state index in [4.69, 9.17) is 0 Å². The Bertz CT molecular complexity index is 1150. The number of hydrogen-bond acceptors (Lipinski definition) is 6. The molecule has 2 N–H and O–H groups in total. The first-order valence-electron chi connectivity index (χ1n) is 8.82. The lowest BCUT2D eigenvalue weighted by Crippen LogP contribution is -2.25. The second-order valence-electron chi connectivity index (χ2n) is 6.44. The Kier molecular flexibility index (Phi) is 6.46. The molecule has 0 aliphatic carbocycles. The van der Waals surface area contributed by atoms with E-state index in [0.29, 0.717) is 28.2 Å². The van der Waals surface area contributed by atoms with Crippen molar-refractivity contribution in [3.8, 4) is 5.75 Å². The van der Waals surface area contributed by atoms with Crippen molar-refractivity contribution in [1.29, 1.82) is 0 Å². The fraction of sp³-hybridized carbons (Fsp3) is 0.143. The van der Waals surface area contributed by atoms with Gasteiger partial charge in [-0.05, 0) is 36.8 Å². The van der Waals surface area contributed by atoms with Crippen molar-refractivity contribution in [2.45, 2.75) is 18.6 Å². The average Bonchev–Trinajstić information content (AvgIpc) is 2.69. The number of para-hydroxylation sites is 1. The van der Waals surface area contributed by atoms with E-state index >= 15 is 0 Å². The number of nitrogens with zero attached hydrogens (tertiary/aromatic N) is 3. The Morgan fingerprint density at radius 3 is 2.86 bits per heavy atom. The molecule has 29 heavy (non-hydrogen) atoms. The van der Waals surface area contributed by atoms with Crippen molar-refractivity contribution in [2.24, 2.45) is 5.10 Å². The number of rotatable bonds is 7. The predicted molar refractivity (Wildman–Crippen MR) is 115 cm³/mol. The molecule has 0 saturated heterocycles. The first-order chi connectivity index (χ1) is 13.9. The van der Waals surface area contributed by atoms with E-state index in [9.17, 15) is 14.7 Å². The molecule has 3 rings (SSSR count). The van der Waals surface area contributed by atoms with Crippen LogP contribution in [0.4, 0.5) is 0 Å². The van der Waals surface area contributed by atoms with Crippen LogP contribution >= 0.6 is 11.8 Å². The minimum absolute atomic E-state index is 0.0400. The summed E-state index contributed by atoms with van der Waals surface area (Å²) in [6.45, 7) is 6.03. The summed E-state index contributed by atoms with van der Waals surface area (Å²) in [4.78, 5) is 29.5. The lowest BCUT2D eigenvalue weighted by molar-refractivity contribution is -0.118. The molecule has 148 valence electrons. The molecule has 0 aliphatic heterocycles. The Balaban J connectivity index is 1.73. The van der Waals surface area contributed by atoms with Crippen LogP contribution in [0.5, 0.6) is 5.75 Å². The molecule has 8 heteroatoms. The van der Waals surface area contributed by atoms with Crippen molar-refractivity contribution in [2.75, 3.05) is 5.75 Å². The number of phenols is 1. The SMILES string of the molecule is C=C(C)Cn1c(SCC(=O)N/N=C\c2cccc(O)c2)nc2ccccc2c1=O. The Morgan fingerprint density at radius 1 is 1.31 bits per heavy atom. The first-order valence-corrected chi connectivity index (χ1v) is 9.80. The van der Waals surface area contributed by atoms with E-state index in [1.165, 1.54) is 16.8 Å². The molecule has 1 heterocycles. The van der Waals surface area contributed by atoms with Crippen LogP contribution in [0.25, 0.3) is 10.9 Å². The number of thioether (sulfide) groups is 1. The molecular formula is C21H20N4O3S. The van der Waals surface area contributed by atoms with Crippen molar-refractivity contribution in [1.82, 2.24) is 15.0 Å². The Hall–Kier alpha value is -3.39. The zero-order valence-electron chi connectivity index (χ0n) is 15.8. The molecule has 0 aliphatic rings. The molecule has 0 saturated carbocycles. The molecule has 7 nitrogen and oxygen atoms in total. The van der Waals surface area contributed by atoms with Gasteiger partial charge in [0.05, 0.1) is 22.9 Å². The first kappa shape index (κ1) is 20.3. The monoisotopic (exact) mass is 408 g/mol. The highest BCUT2D eigenvalue weighted by molar-refractivity contribution is 7.99. The zero-order chi connectivity index (χ0) is 20.8. The summed E-state index contributed by atoms with van der Waals surface area (Å²) in [5.74, 6) is -0.178. The number of phenolic OH excluding ortho intramolecular Hbond substituents is 1. The molecule has 2 aromatic carbocycles. The molecule has 1 aromatic heterocycles. The van der Waals surface area contributed by atoms with Crippen molar-refractivity contribution >= 4 is 34.8 Å². The van der Waals surface area contributed by atoms with Gasteiger partial charge in [0.25, 0.3) is 11.5 Å². The van der Waals surface area contributed by atoms with Gasteiger partial charge in [0.2, 0.25) is 0 Å². The fourth-order valence-corrected chi connectivity index (χ4v) is 3.40. The van der Waals surface area contributed by atoms with Crippen molar-refractivity contribution in [3.63, 3.8) is 0 Å². The van der Waals surface area contributed by atoms with E-state index < -0.39 is 0 Å². The average molecular weight is 408 g/mol. The van der Waals surface area contributed by atoms with Gasteiger partial charge in [0.1, 0.15) is 5.75 Å². The van der Waals surface area contributed by atoms with Gasteiger partial charge in [-0.1, -0.05) is 48.2 Å². The summed E-state index contributed by atoms with van der Waals surface area (Å²) in [6, 6.07) is 13.6. The summed E-state index contributed by atoms with van der Waals surface area (Å²) in [5.41, 5.74) is 4.32. The van der Waals surface area contributed by atoms with E-state index in [-0.39, 0.29) is 23.0 Å². The molecular weight excluding hydrogens is 388 g/mol. The van der Waals surface area contributed by atoms with Gasteiger partial charge in [-0.15, -0.1) is 0 Å². The fourth-order valence-electron chi connectivity index (χ4n) is 2.61. The smallest absolute Gasteiger partial charge is 0.262 e. The van der Waals surface area contributed by atoms with Crippen LogP contribution in [0.3, 0.4) is 0 Å². The number of aromatic hydroxyl groups is 1. The standard InChI is InChI=1S/C21H20N4O3S/c1-14(2)12-25-20(28)17-8-3-4-9-18(17)23-21(25)29-13-19(27)24-22-11-15-6-5-7-16(26)10-15/h3-11,26H,1,12-13H2,2H3,(H,24,27)/b22-11-. The maximum atomic E-state index is 12.8. The van der Waals surface area contributed by atoms with Crippen LogP contribution < -0.4 is 11.0 Å². The van der Waals surface area contributed by atoms with Gasteiger partial charge in [0, 0.05) is 6.54 Å². The van der Waals surface area contributed by atoms with Crippen molar-refractivity contribution < 1.29 is 9.90 Å². The predicted octanol–water partition coefficient (Wildman–Crippen LogP) is 2.92. The molecule has 0 unspecified atom stereocenters. The molecule has 0 fully saturated rings. The van der Waals surface area contributed by atoms with Crippen LogP contribution in [0, 0.1) is 0 Å². The van der Waals surface area contributed by atoms with Crippen LogP contribution in [-0.2, 0) is 11.3 Å². The van der Waals surface area contributed by atoms with Gasteiger partial charge in [-0.25, -0.2) is 10.4 Å². The quantitative estimate of drug-likeness (QED) is 0.206. The number of nitrogens with one attached hydrogen (secondary N) is 1. The highest BCUT2D eigenvalue weighted by Crippen LogP contribution is 2.18.